The maximum atomic E-state index is 12.7. The van der Waals surface area contributed by atoms with Gasteiger partial charge in [-0.05, 0) is 61.5 Å². The lowest BCUT2D eigenvalue weighted by atomic mass is 10.2. The van der Waals surface area contributed by atoms with E-state index in [-0.39, 0.29) is 33.8 Å². The molecule has 0 spiro atoms. The summed E-state index contributed by atoms with van der Waals surface area (Å²) in [5.41, 5.74) is 0.377. The van der Waals surface area contributed by atoms with E-state index < -0.39 is 15.9 Å². The molecule has 0 aliphatic heterocycles. The van der Waals surface area contributed by atoms with Gasteiger partial charge in [0.05, 0.1) is 28.6 Å². The third-order valence-corrected chi connectivity index (χ3v) is 6.18. The normalized spacial score (nSPS) is 12.0. The number of rotatable bonds is 9. The van der Waals surface area contributed by atoms with Crippen molar-refractivity contribution in [2.45, 2.75) is 17.9 Å². The Labute approximate surface area is 192 Å². The van der Waals surface area contributed by atoms with Gasteiger partial charge in [-0.1, -0.05) is 29.8 Å². The molecule has 0 fully saturated rings. The van der Waals surface area contributed by atoms with E-state index in [0.717, 1.165) is 5.75 Å². The summed E-state index contributed by atoms with van der Waals surface area (Å²) < 4.78 is 38.3. The molecule has 3 rings (SSSR count). The number of anilines is 1. The molecule has 0 saturated heterocycles. The lowest BCUT2D eigenvalue weighted by Crippen LogP contribution is -2.37. The fourth-order valence-corrected chi connectivity index (χ4v) is 4.09. The molecule has 3 aromatic rings. The monoisotopic (exact) mass is 474 g/mol. The first-order valence-electron chi connectivity index (χ1n) is 9.73. The average molecular weight is 475 g/mol. The number of halogens is 1. The quantitative estimate of drug-likeness (QED) is 0.481. The summed E-state index contributed by atoms with van der Waals surface area (Å²) in [6, 6.07) is 19.1. The Hall–Kier alpha value is -3.23. The summed E-state index contributed by atoms with van der Waals surface area (Å²) in [4.78, 5) is 12.8. The van der Waals surface area contributed by atoms with Gasteiger partial charge in [-0.2, -0.15) is 0 Å². The van der Waals surface area contributed by atoms with E-state index >= 15 is 0 Å². The first-order valence-corrected chi connectivity index (χ1v) is 11.6. The van der Waals surface area contributed by atoms with Crippen molar-refractivity contribution < 1.29 is 22.7 Å². The number of benzene rings is 3. The molecular formula is C23H23ClN2O5S. The van der Waals surface area contributed by atoms with Crippen LogP contribution < -0.4 is 19.5 Å². The molecule has 9 heteroatoms. The molecule has 2 N–H and O–H groups in total. The number of ether oxygens (including phenoxy) is 2. The van der Waals surface area contributed by atoms with Gasteiger partial charge in [-0.3, -0.25) is 9.52 Å². The van der Waals surface area contributed by atoms with E-state index in [4.69, 9.17) is 21.1 Å². The minimum atomic E-state index is -3.79. The third-order valence-electron chi connectivity index (χ3n) is 4.45. The maximum Gasteiger partial charge on any atom is 0.261 e. The van der Waals surface area contributed by atoms with E-state index in [1.807, 2.05) is 0 Å². The number of hydrogen-bond donors (Lipinski definition) is 2. The zero-order chi connectivity index (χ0) is 23.1. The summed E-state index contributed by atoms with van der Waals surface area (Å²) in [5.74, 6) is 0.917. The van der Waals surface area contributed by atoms with E-state index in [9.17, 15) is 13.2 Å². The van der Waals surface area contributed by atoms with Crippen molar-refractivity contribution >= 4 is 33.2 Å². The second-order valence-corrected chi connectivity index (χ2v) is 9.06. The standard InChI is InChI=1S/C23H23ClN2O5S/c1-16(15-31-19-11-9-18(30-2)10-12-19)25-23(27)21-14-17(8-13-22(21)24)26-32(28,29)20-6-4-3-5-7-20/h3-14,16,26H,15H2,1-2H3,(H,25,27)/t16-/m0/s1. The Morgan fingerprint density at radius 1 is 1.00 bits per heavy atom. The molecular weight excluding hydrogens is 452 g/mol. The van der Waals surface area contributed by atoms with Gasteiger partial charge in [-0.15, -0.1) is 0 Å². The highest BCUT2D eigenvalue weighted by Gasteiger charge is 2.18. The van der Waals surface area contributed by atoms with E-state index in [1.165, 1.54) is 30.3 Å². The van der Waals surface area contributed by atoms with E-state index in [0.29, 0.717) is 5.75 Å². The Morgan fingerprint density at radius 2 is 1.66 bits per heavy atom. The molecule has 168 valence electrons. The Kier molecular flexibility index (Phi) is 7.61. The van der Waals surface area contributed by atoms with Crippen LogP contribution in [0.2, 0.25) is 5.02 Å². The highest BCUT2D eigenvalue weighted by molar-refractivity contribution is 7.92. The zero-order valence-electron chi connectivity index (χ0n) is 17.5. The summed E-state index contributed by atoms with van der Waals surface area (Å²) in [5, 5.41) is 3.00. The highest BCUT2D eigenvalue weighted by Crippen LogP contribution is 2.23. The lowest BCUT2D eigenvalue weighted by Gasteiger charge is -2.16. The van der Waals surface area contributed by atoms with Crippen LogP contribution in [0.25, 0.3) is 0 Å². The van der Waals surface area contributed by atoms with Crippen molar-refractivity contribution in [2.24, 2.45) is 0 Å². The highest BCUT2D eigenvalue weighted by atomic mass is 35.5. The Bertz CT molecular complexity index is 1170. The van der Waals surface area contributed by atoms with Crippen molar-refractivity contribution in [3.05, 3.63) is 83.4 Å². The van der Waals surface area contributed by atoms with Crippen LogP contribution in [0.5, 0.6) is 11.5 Å². The number of amides is 1. The van der Waals surface area contributed by atoms with Gasteiger partial charge in [0.15, 0.2) is 0 Å². The number of hydrogen-bond acceptors (Lipinski definition) is 5. The van der Waals surface area contributed by atoms with Crippen LogP contribution in [-0.4, -0.2) is 34.1 Å². The predicted octanol–water partition coefficient (Wildman–Crippen LogP) is 4.35. The van der Waals surface area contributed by atoms with E-state index in [2.05, 4.69) is 10.0 Å². The van der Waals surface area contributed by atoms with Crippen molar-refractivity contribution in [3.63, 3.8) is 0 Å². The molecule has 0 saturated carbocycles. The van der Waals surface area contributed by atoms with Crippen LogP contribution in [0, 0.1) is 0 Å². The number of carbonyl (C=O) groups is 1. The summed E-state index contributed by atoms with van der Waals surface area (Å²) >= 11 is 6.18. The molecule has 3 aromatic carbocycles. The lowest BCUT2D eigenvalue weighted by molar-refractivity contribution is 0.0927. The number of sulfonamides is 1. The molecule has 1 atom stereocenters. The van der Waals surface area contributed by atoms with Gasteiger partial charge in [0.25, 0.3) is 15.9 Å². The smallest absolute Gasteiger partial charge is 0.261 e. The topological polar surface area (TPSA) is 93.7 Å². The zero-order valence-corrected chi connectivity index (χ0v) is 19.1. The molecule has 0 aliphatic rings. The molecule has 0 aliphatic carbocycles. The van der Waals surface area contributed by atoms with E-state index in [1.54, 1.807) is 56.5 Å². The van der Waals surface area contributed by atoms with Crippen LogP contribution in [0.3, 0.4) is 0 Å². The Balaban J connectivity index is 1.64. The molecule has 32 heavy (non-hydrogen) atoms. The van der Waals surface area contributed by atoms with Gasteiger partial charge in [0, 0.05) is 5.69 Å². The minimum Gasteiger partial charge on any atom is -0.497 e. The number of methoxy groups -OCH3 is 1. The average Bonchev–Trinajstić information content (AvgIpc) is 2.79. The largest absolute Gasteiger partial charge is 0.497 e. The third kappa shape index (κ3) is 6.15. The van der Waals surface area contributed by atoms with Crippen molar-refractivity contribution in [1.82, 2.24) is 5.32 Å². The molecule has 0 heterocycles. The number of nitrogens with one attached hydrogen (secondary N) is 2. The Morgan fingerprint density at radius 3 is 2.31 bits per heavy atom. The number of carbonyl (C=O) groups excluding carboxylic acids is 1. The summed E-state index contributed by atoms with van der Waals surface area (Å²) in [6.07, 6.45) is 0. The second kappa shape index (κ2) is 10.4. The van der Waals surface area contributed by atoms with Crippen molar-refractivity contribution in [1.29, 1.82) is 0 Å². The molecule has 0 aromatic heterocycles. The SMILES string of the molecule is COc1ccc(OC[C@H](C)NC(=O)c2cc(NS(=O)(=O)c3ccccc3)ccc2Cl)cc1. The molecule has 1 amide bonds. The molecule has 7 nitrogen and oxygen atoms in total. The fourth-order valence-electron chi connectivity index (χ4n) is 2.81. The van der Waals surface area contributed by atoms with Crippen LogP contribution in [0.15, 0.2) is 77.7 Å². The molecule has 0 unspecified atom stereocenters. The predicted molar refractivity (Wildman–Crippen MR) is 124 cm³/mol. The van der Waals surface area contributed by atoms with Gasteiger partial charge >= 0.3 is 0 Å². The van der Waals surface area contributed by atoms with Crippen molar-refractivity contribution in [3.8, 4) is 11.5 Å². The fraction of sp³-hybridized carbons (Fsp3) is 0.174. The minimum absolute atomic E-state index is 0.116. The maximum absolute atomic E-state index is 12.7. The summed E-state index contributed by atoms with van der Waals surface area (Å²) in [6.45, 7) is 2.02. The second-order valence-electron chi connectivity index (χ2n) is 6.97. The summed E-state index contributed by atoms with van der Waals surface area (Å²) in [7, 11) is -2.21. The van der Waals surface area contributed by atoms with Crippen LogP contribution in [0.1, 0.15) is 17.3 Å². The van der Waals surface area contributed by atoms with Gasteiger partial charge in [0.1, 0.15) is 18.1 Å². The van der Waals surface area contributed by atoms with Crippen LogP contribution in [0.4, 0.5) is 5.69 Å². The van der Waals surface area contributed by atoms with Crippen molar-refractivity contribution in [2.75, 3.05) is 18.4 Å². The van der Waals surface area contributed by atoms with Crippen LogP contribution in [-0.2, 0) is 10.0 Å². The van der Waals surface area contributed by atoms with Crippen LogP contribution >= 0.6 is 11.6 Å². The van der Waals surface area contributed by atoms with Gasteiger partial charge in [-0.25, -0.2) is 8.42 Å². The van der Waals surface area contributed by atoms with Gasteiger partial charge < -0.3 is 14.8 Å². The first-order chi connectivity index (χ1) is 15.3. The molecule has 0 bridgehead atoms. The van der Waals surface area contributed by atoms with Gasteiger partial charge in [0.2, 0.25) is 0 Å². The first kappa shape index (κ1) is 23.4. The molecule has 0 radical (unpaired) electrons.